The molecule has 0 radical (unpaired) electrons. The third kappa shape index (κ3) is 2.35. The molecule has 1 amide bonds. The number of amides is 1. The number of carbonyl (C=O) groups excluding carboxylic acids is 1. The summed E-state index contributed by atoms with van der Waals surface area (Å²) in [7, 11) is 0. The van der Waals surface area contributed by atoms with E-state index in [4.69, 9.17) is 0 Å². The topological polar surface area (TPSA) is 46.9 Å². The predicted molar refractivity (Wildman–Crippen MR) is 84.0 cm³/mol. The molecule has 1 aliphatic heterocycles. The fourth-order valence-corrected chi connectivity index (χ4v) is 2.94. The maximum atomic E-state index is 12.3. The Bertz CT molecular complexity index is 721. The maximum Gasteiger partial charge on any atom is 0.249 e. The lowest BCUT2D eigenvalue weighted by molar-refractivity contribution is -0.125. The molecular weight excluding hydrogens is 262 g/mol. The van der Waals surface area contributed by atoms with Gasteiger partial charge in [-0.1, -0.05) is 45.5 Å². The molecule has 1 saturated heterocycles. The van der Waals surface area contributed by atoms with Crippen molar-refractivity contribution in [2.45, 2.75) is 45.1 Å². The van der Waals surface area contributed by atoms with Crippen LogP contribution in [-0.2, 0) is 10.2 Å². The summed E-state index contributed by atoms with van der Waals surface area (Å²) in [5, 5.41) is 8.42. The smallest absolute Gasteiger partial charge is 0.249 e. The first-order valence-corrected chi connectivity index (χ1v) is 7.33. The van der Waals surface area contributed by atoms with Gasteiger partial charge in [-0.25, -0.2) is 0 Å². The van der Waals surface area contributed by atoms with Crippen LogP contribution in [0.15, 0.2) is 36.7 Å². The van der Waals surface area contributed by atoms with Gasteiger partial charge < -0.3 is 5.32 Å². The van der Waals surface area contributed by atoms with E-state index in [2.05, 4.69) is 49.9 Å². The highest BCUT2D eigenvalue weighted by Gasteiger charge is 2.29. The molecule has 2 heterocycles. The third-order valence-corrected chi connectivity index (χ3v) is 4.04. The number of fused-ring (bicyclic) bond motifs is 1. The summed E-state index contributed by atoms with van der Waals surface area (Å²) in [6.07, 6.45) is 3.40. The van der Waals surface area contributed by atoms with Crippen molar-refractivity contribution in [3.8, 4) is 0 Å². The molecule has 4 nitrogen and oxygen atoms in total. The number of piperidine rings is 1. The highest BCUT2D eigenvalue weighted by Crippen LogP contribution is 2.33. The molecule has 0 saturated carbocycles. The molecule has 0 bridgehead atoms. The Kier molecular flexibility index (Phi) is 3.12. The van der Waals surface area contributed by atoms with Gasteiger partial charge in [-0.2, -0.15) is 5.10 Å². The number of benzene rings is 1. The highest BCUT2D eigenvalue weighted by molar-refractivity contribution is 5.88. The second-order valence-corrected chi connectivity index (χ2v) is 6.73. The number of hydrogen-bond donors (Lipinski definition) is 1. The van der Waals surface area contributed by atoms with E-state index in [1.165, 1.54) is 5.56 Å². The van der Waals surface area contributed by atoms with Crippen molar-refractivity contribution >= 4 is 16.8 Å². The summed E-state index contributed by atoms with van der Waals surface area (Å²) in [4.78, 5) is 12.3. The molecule has 2 aromatic rings. The molecule has 1 N–H and O–H groups in total. The second kappa shape index (κ2) is 4.72. The van der Waals surface area contributed by atoms with Crippen LogP contribution < -0.4 is 5.32 Å². The molecule has 110 valence electrons. The normalized spacial score (nSPS) is 19.9. The third-order valence-electron chi connectivity index (χ3n) is 4.04. The van der Waals surface area contributed by atoms with Crippen LogP contribution in [0.25, 0.3) is 10.9 Å². The standard InChI is InChI=1S/C17H21N3O/c1-11-8-9-14(16(21)19-11)20-15-12(10-18-20)6-5-7-13(15)17(2,3)4/h5-7,10,14H,1,8-9H2,2-4H3,(H,19,21). The van der Waals surface area contributed by atoms with E-state index in [9.17, 15) is 4.79 Å². The molecule has 0 spiro atoms. The Morgan fingerprint density at radius 2 is 2.14 bits per heavy atom. The lowest BCUT2D eigenvalue weighted by Crippen LogP contribution is -2.36. The van der Waals surface area contributed by atoms with Crippen molar-refractivity contribution < 1.29 is 4.79 Å². The fourth-order valence-electron chi connectivity index (χ4n) is 2.94. The van der Waals surface area contributed by atoms with Crippen molar-refractivity contribution in [2.75, 3.05) is 0 Å². The zero-order valence-corrected chi connectivity index (χ0v) is 12.8. The van der Waals surface area contributed by atoms with Crippen LogP contribution >= 0.6 is 0 Å². The molecule has 1 aliphatic rings. The van der Waals surface area contributed by atoms with Crippen molar-refractivity contribution in [3.05, 3.63) is 42.2 Å². The molecule has 1 aromatic heterocycles. The molecule has 1 aromatic carbocycles. The van der Waals surface area contributed by atoms with Gasteiger partial charge in [-0.3, -0.25) is 9.48 Å². The molecular formula is C17H21N3O. The molecule has 3 rings (SSSR count). The van der Waals surface area contributed by atoms with Crippen LogP contribution in [0, 0.1) is 0 Å². The summed E-state index contributed by atoms with van der Waals surface area (Å²) in [6, 6.07) is 5.97. The van der Waals surface area contributed by atoms with E-state index < -0.39 is 0 Å². The second-order valence-electron chi connectivity index (χ2n) is 6.73. The molecule has 4 heteroatoms. The van der Waals surface area contributed by atoms with Crippen molar-refractivity contribution in [2.24, 2.45) is 0 Å². The van der Waals surface area contributed by atoms with E-state index in [1.54, 1.807) is 0 Å². The number of rotatable bonds is 1. The number of nitrogens with zero attached hydrogens (tertiary/aromatic N) is 2. The van der Waals surface area contributed by atoms with Gasteiger partial charge in [0.15, 0.2) is 0 Å². The summed E-state index contributed by atoms with van der Waals surface area (Å²) in [6.45, 7) is 10.4. The number of carbonyl (C=O) groups is 1. The zero-order valence-electron chi connectivity index (χ0n) is 12.8. The van der Waals surface area contributed by atoms with Gasteiger partial charge in [0.05, 0.1) is 11.7 Å². The Morgan fingerprint density at radius 1 is 1.38 bits per heavy atom. The van der Waals surface area contributed by atoms with Crippen molar-refractivity contribution in [3.63, 3.8) is 0 Å². The monoisotopic (exact) mass is 283 g/mol. The summed E-state index contributed by atoms with van der Waals surface area (Å²) >= 11 is 0. The lowest BCUT2D eigenvalue weighted by Gasteiger charge is -2.27. The average Bonchev–Trinajstić information content (AvgIpc) is 2.81. The SMILES string of the molecule is C=C1CCC(n2ncc3cccc(C(C)(C)C)c32)C(=O)N1. The van der Waals surface area contributed by atoms with Crippen molar-refractivity contribution in [1.29, 1.82) is 0 Å². The number of nitrogens with one attached hydrogen (secondary N) is 1. The van der Waals surface area contributed by atoms with Crippen LogP contribution in [0.4, 0.5) is 0 Å². The first kappa shape index (κ1) is 13.9. The van der Waals surface area contributed by atoms with Crippen LogP contribution in [0.1, 0.15) is 45.2 Å². The number of hydrogen-bond acceptors (Lipinski definition) is 2. The van der Waals surface area contributed by atoms with Gasteiger partial charge >= 0.3 is 0 Å². The molecule has 1 atom stereocenters. The lowest BCUT2D eigenvalue weighted by atomic mass is 9.85. The average molecular weight is 283 g/mol. The van der Waals surface area contributed by atoms with E-state index >= 15 is 0 Å². The first-order chi connectivity index (χ1) is 9.88. The summed E-state index contributed by atoms with van der Waals surface area (Å²) in [5.41, 5.74) is 3.09. The van der Waals surface area contributed by atoms with Gasteiger partial charge in [-0.15, -0.1) is 0 Å². The highest BCUT2D eigenvalue weighted by atomic mass is 16.2. The zero-order chi connectivity index (χ0) is 15.2. The minimum absolute atomic E-state index is 0.00599. The van der Waals surface area contributed by atoms with E-state index in [-0.39, 0.29) is 17.4 Å². The van der Waals surface area contributed by atoms with Crippen LogP contribution in [0.5, 0.6) is 0 Å². The minimum atomic E-state index is -0.253. The predicted octanol–water partition coefficient (Wildman–Crippen LogP) is 3.30. The molecule has 1 unspecified atom stereocenters. The van der Waals surface area contributed by atoms with E-state index in [0.717, 1.165) is 29.4 Å². The Morgan fingerprint density at radius 3 is 2.81 bits per heavy atom. The number of para-hydroxylation sites is 1. The van der Waals surface area contributed by atoms with Gasteiger partial charge in [0.2, 0.25) is 5.91 Å². The molecule has 0 aliphatic carbocycles. The Hall–Kier alpha value is -2.10. The van der Waals surface area contributed by atoms with Gasteiger partial charge in [-0.05, 0) is 23.8 Å². The first-order valence-electron chi connectivity index (χ1n) is 7.33. The maximum absolute atomic E-state index is 12.3. The number of aromatic nitrogens is 2. The largest absolute Gasteiger partial charge is 0.329 e. The number of allylic oxidation sites excluding steroid dienone is 1. The summed E-state index contributed by atoms with van der Waals surface area (Å²) < 4.78 is 1.89. The van der Waals surface area contributed by atoms with Crippen molar-refractivity contribution in [1.82, 2.24) is 15.1 Å². The van der Waals surface area contributed by atoms with Gasteiger partial charge in [0, 0.05) is 11.1 Å². The van der Waals surface area contributed by atoms with Gasteiger partial charge in [0.25, 0.3) is 0 Å². The van der Waals surface area contributed by atoms with Crippen LogP contribution in [-0.4, -0.2) is 15.7 Å². The van der Waals surface area contributed by atoms with Gasteiger partial charge in [0.1, 0.15) is 6.04 Å². The Labute approximate surface area is 124 Å². The van der Waals surface area contributed by atoms with E-state index in [0.29, 0.717) is 0 Å². The van der Waals surface area contributed by atoms with Crippen LogP contribution in [0.3, 0.4) is 0 Å². The Balaban J connectivity index is 2.16. The minimum Gasteiger partial charge on any atom is -0.329 e. The molecule has 21 heavy (non-hydrogen) atoms. The molecule has 1 fully saturated rings. The fraction of sp³-hybridized carbons (Fsp3) is 0.412. The quantitative estimate of drug-likeness (QED) is 0.873. The summed E-state index contributed by atoms with van der Waals surface area (Å²) in [5.74, 6) is -0.0139. The van der Waals surface area contributed by atoms with Crippen LogP contribution in [0.2, 0.25) is 0 Å². The van der Waals surface area contributed by atoms with E-state index in [1.807, 2.05) is 16.9 Å².